The normalized spacial score (nSPS) is 11.0. The van der Waals surface area contributed by atoms with E-state index in [0.29, 0.717) is 6.54 Å². The maximum atomic E-state index is 5.37. The summed E-state index contributed by atoms with van der Waals surface area (Å²) in [5, 5.41) is 4.04. The Hall–Kier alpha value is -2.01. The molecule has 0 bridgehead atoms. The van der Waals surface area contributed by atoms with Crippen molar-refractivity contribution in [3.8, 4) is 11.4 Å². The van der Waals surface area contributed by atoms with Gasteiger partial charge in [-0.25, -0.2) is 4.98 Å². The molecule has 0 spiro atoms. The van der Waals surface area contributed by atoms with Crippen LogP contribution < -0.4 is 0 Å². The van der Waals surface area contributed by atoms with Crippen LogP contribution in [0.5, 0.6) is 0 Å². The Morgan fingerprint density at radius 2 is 2.14 bits per heavy atom. The van der Waals surface area contributed by atoms with Gasteiger partial charge in [0.15, 0.2) is 5.76 Å². The van der Waals surface area contributed by atoms with Crippen LogP contribution in [0.3, 0.4) is 0 Å². The van der Waals surface area contributed by atoms with Crippen LogP contribution in [-0.2, 0) is 13.0 Å². The van der Waals surface area contributed by atoms with Crippen LogP contribution in [0.2, 0.25) is 0 Å². The number of nitrogens with zero attached hydrogens (tertiary/aromatic N) is 3. The molecule has 5 heteroatoms. The van der Waals surface area contributed by atoms with Crippen molar-refractivity contribution in [2.45, 2.75) is 24.8 Å². The van der Waals surface area contributed by atoms with Gasteiger partial charge in [-0.3, -0.25) is 0 Å². The predicted octanol–water partition coefficient (Wildman–Crippen LogP) is 3.87. The van der Waals surface area contributed by atoms with Crippen LogP contribution >= 0.6 is 11.8 Å². The minimum Gasteiger partial charge on any atom is -0.359 e. The lowest BCUT2D eigenvalue weighted by molar-refractivity contribution is 0.371. The summed E-state index contributed by atoms with van der Waals surface area (Å²) in [6.07, 6.45) is 6.76. The average Bonchev–Trinajstić information content (AvgIpc) is 3.17. The first-order valence-corrected chi connectivity index (χ1v) is 8.13. The van der Waals surface area contributed by atoms with Crippen molar-refractivity contribution in [1.82, 2.24) is 14.7 Å². The van der Waals surface area contributed by atoms with Crippen molar-refractivity contribution in [2.24, 2.45) is 0 Å². The van der Waals surface area contributed by atoms with Crippen molar-refractivity contribution in [3.05, 3.63) is 54.2 Å². The Kier molecular flexibility index (Phi) is 4.10. The van der Waals surface area contributed by atoms with E-state index in [1.165, 1.54) is 4.90 Å². The predicted molar refractivity (Wildman–Crippen MR) is 84.4 cm³/mol. The molecule has 0 unspecified atom stereocenters. The fourth-order valence-corrected chi connectivity index (χ4v) is 2.87. The first-order valence-electron chi connectivity index (χ1n) is 6.90. The summed E-state index contributed by atoms with van der Waals surface area (Å²) in [6, 6.07) is 10.3. The molecule has 0 saturated heterocycles. The molecular formula is C16H17N3OS. The minimum atomic E-state index is 0.644. The van der Waals surface area contributed by atoms with E-state index in [-0.39, 0.29) is 0 Å². The first kappa shape index (κ1) is 13.9. The number of rotatable bonds is 5. The van der Waals surface area contributed by atoms with Crippen molar-refractivity contribution >= 4 is 11.8 Å². The highest BCUT2D eigenvalue weighted by atomic mass is 32.2. The quantitative estimate of drug-likeness (QED) is 0.671. The summed E-state index contributed by atoms with van der Waals surface area (Å²) in [4.78, 5) is 5.72. The van der Waals surface area contributed by atoms with E-state index in [1.807, 2.05) is 30.6 Å². The molecule has 0 aliphatic rings. The largest absolute Gasteiger partial charge is 0.359 e. The average molecular weight is 299 g/mol. The smallest absolute Gasteiger partial charge is 0.156 e. The highest BCUT2D eigenvalue weighted by molar-refractivity contribution is 7.98. The van der Waals surface area contributed by atoms with Crippen molar-refractivity contribution in [1.29, 1.82) is 0 Å². The fraction of sp³-hybridized carbons (Fsp3) is 0.250. The van der Waals surface area contributed by atoms with Gasteiger partial charge in [0.2, 0.25) is 0 Å². The number of hydrogen-bond donors (Lipinski definition) is 0. The van der Waals surface area contributed by atoms with Gasteiger partial charge in [0.05, 0.1) is 12.2 Å². The van der Waals surface area contributed by atoms with Gasteiger partial charge in [-0.1, -0.05) is 30.3 Å². The van der Waals surface area contributed by atoms with E-state index in [4.69, 9.17) is 4.52 Å². The summed E-state index contributed by atoms with van der Waals surface area (Å²) >= 11 is 1.73. The zero-order valence-electron chi connectivity index (χ0n) is 12.1. The highest BCUT2D eigenvalue weighted by Crippen LogP contribution is 2.29. The lowest BCUT2D eigenvalue weighted by Gasteiger charge is -2.09. The fourth-order valence-electron chi connectivity index (χ4n) is 2.28. The van der Waals surface area contributed by atoms with Gasteiger partial charge in [0, 0.05) is 28.9 Å². The lowest BCUT2D eigenvalue weighted by Crippen LogP contribution is -2.00. The van der Waals surface area contributed by atoms with Crippen LogP contribution in [0.25, 0.3) is 11.4 Å². The standard InChI is InChI=1S/C16H17N3OS/c1-3-12-10-13(20-18-12)11-19-9-8-17-16(19)14-6-4-5-7-15(14)21-2/h4-10H,3,11H2,1-2H3. The topological polar surface area (TPSA) is 43.9 Å². The van der Waals surface area contributed by atoms with Crippen molar-refractivity contribution in [2.75, 3.05) is 6.26 Å². The molecule has 2 heterocycles. The Bertz CT molecular complexity index is 732. The molecule has 0 saturated carbocycles. The van der Waals surface area contributed by atoms with Gasteiger partial charge in [0.25, 0.3) is 0 Å². The molecule has 0 amide bonds. The third-order valence-corrected chi connectivity index (χ3v) is 4.16. The van der Waals surface area contributed by atoms with Gasteiger partial charge in [-0.2, -0.15) is 0 Å². The minimum absolute atomic E-state index is 0.644. The van der Waals surface area contributed by atoms with E-state index in [1.54, 1.807) is 11.8 Å². The van der Waals surface area contributed by atoms with Gasteiger partial charge in [0.1, 0.15) is 5.82 Å². The number of benzene rings is 1. The Morgan fingerprint density at radius 1 is 1.29 bits per heavy atom. The van der Waals surface area contributed by atoms with E-state index in [2.05, 4.69) is 40.0 Å². The van der Waals surface area contributed by atoms with Crippen LogP contribution in [-0.4, -0.2) is 21.0 Å². The second-order valence-corrected chi connectivity index (χ2v) is 5.57. The van der Waals surface area contributed by atoms with E-state index < -0.39 is 0 Å². The zero-order chi connectivity index (χ0) is 14.7. The number of thioether (sulfide) groups is 1. The van der Waals surface area contributed by atoms with Gasteiger partial charge in [-0.05, 0) is 18.7 Å². The number of hydrogen-bond acceptors (Lipinski definition) is 4. The second kappa shape index (κ2) is 6.18. The van der Waals surface area contributed by atoms with E-state index >= 15 is 0 Å². The summed E-state index contributed by atoms with van der Waals surface area (Å²) in [6.45, 7) is 2.71. The molecule has 0 aliphatic carbocycles. The molecule has 3 rings (SSSR count). The second-order valence-electron chi connectivity index (χ2n) is 4.72. The molecule has 0 N–H and O–H groups in total. The molecule has 0 atom stereocenters. The summed E-state index contributed by atoms with van der Waals surface area (Å²) in [5.41, 5.74) is 2.13. The number of imidazole rings is 1. The van der Waals surface area contributed by atoms with Crippen LogP contribution in [0.4, 0.5) is 0 Å². The lowest BCUT2D eigenvalue weighted by atomic mass is 10.2. The molecule has 2 aromatic heterocycles. The molecular weight excluding hydrogens is 282 g/mol. The molecule has 21 heavy (non-hydrogen) atoms. The third-order valence-electron chi connectivity index (χ3n) is 3.36. The first-order chi connectivity index (χ1) is 10.3. The molecule has 108 valence electrons. The van der Waals surface area contributed by atoms with Crippen LogP contribution in [0, 0.1) is 0 Å². The van der Waals surface area contributed by atoms with Gasteiger partial charge < -0.3 is 9.09 Å². The van der Waals surface area contributed by atoms with Crippen LogP contribution in [0.15, 0.2) is 52.1 Å². The van der Waals surface area contributed by atoms with Crippen LogP contribution in [0.1, 0.15) is 18.4 Å². The third kappa shape index (κ3) is 2.88. The van der Waals surface area contributed by atoms with Crippen molar-refractivity contribution < 1.29 is 4.52 Å². The Morgan fingerprint density at radius 3 is 2.90 bits per heavy atom. The summed E-state index contributed by atoms with van der Waals surface area (Å²) in [7, 11) is 0. The van der Waals surface area contributed by atoms with E-state index in [0.717, 1.165) is 29.3 Å². The molecule has 0 aliphatic heterocycles. The van der Waals surface area contributed by atoms with Gasteiger partial charge >= 0.3 is 0 Å². The monoisotopic (exact) mass is 299 g/mol. The molecule has 0 fully saturated rings. The maximum Gasteiger partial charge on any atom is 0.156 e. The Balaban J connectivity index is 1.93. The molecule has 3 aromatic rings. The summed E-state index contributed by atoms with van der Waals surface area (Å²) in [5.74, 6) is 1.81. The van der Waals surface area contributed by atoms with Crippen molar-refractivity contribution in [3.63, 3.8) is 0 Å². The summed E-state index contributed by atoms with van der Waals surface area (Å²) < 4.78 is 7.46. The highest BCUT2D eigenvalue weighted by Gasteiger charge is 2.12. The molecule has 4 nitrogen and oxygen atoms in total. The van der Waals surface area contributed by atoms with Gasteiger partial charge in [-0.15, -0.1) is 11.8 Å². The number of aryl methyl sites for hydroxylation is 1. The molecule has 1 aromatic carbocycles. The SMILES string of the molecule is CCc1cc(Cn2ccnc2-c2ccccc2SC)on1. The maximum absolute atomic E-state index is 5.37. The van der Waals surface area contributed by atoms with E-state index in [9.17, 15) is 0 Å². The Labute approximate surface area is 128 Å². The number of aromatic nitrogens is 3. The molecule has 0 radical (unpaired) electrons. The zero-order valence-corrected chi connectivity index (χ0v) is 12.9.